The molecule has 0 radical (unpaired) electrons. The summed E-state index contributed by atoms with van der Waals surface area (Å²) in [7, 11) is 0. The predicted molar refractivity (Wildman–Crippen MR) is 84.5 cm³/mol. The molecule has 0 saturated carbocycles. The van der Waals surface area contributed by atoms with Crippen molar-refractivity contribution >= 4 is 0 Å². The highest BCUT2D eigenvalue weighted by Crippen LogP contribution is 2.30. The molecular weight excluding hydrogens is 246 g/mol. The number of rotatable bonds is 5. The van der Waals surface area contributed by atoms with Crippen molar-refractivity contribution in [1.82, 2.24) is 5.32 Å². The van der Waals surface area contributed by atoms with Crippen LogP contribution in [0.4, 0.5) is 0 Å². The first-order chi connectivity index (χ1) is 9.60. The van der Waals surface area contributed by atoms with Crippen LogP contribution < -0.4 is 10.1 Å². The maximum absolute atomic E-state index is 6.10. The van der Waals surface area contributed by atoms with E-state index in [1.54, 1.807) is 0 Å². The van der Waals surface area contributed by atoms with Gasteiger partial charge in [-0.3, -0.25) is 0 Å². The maximum Gasteiger partial charge on any atom is 0.132 e. The molecule has 0 aliphatic carbocycles. The quantitative estimate of drug-likeness (QED) is 0.844. The van der Waals surface area contributed by atoms with Crippen LogP contribution >= 0.6 is 0 Å². The lowest BCUT2D eigenvalue weighted by Crippen LogP contribution is -2.18. The molecule has 2 aromatic carbocycles. The van der Waals surface area contributed by atoms with E-state index < -0.39 is 0 Å². The maximum atomic E-state index is 6.10. The molecule has 1 unspecified atom stereocenters. The normalized spacial score (nSPS) is 12.2. The monoisotopic (exact) mass is 269 g/mol. The topological polar surface area (TPSA) is 21.3 Å². The molecule has 1 N–H and O–H groups in total. The van der Waals surface area contributed by atoms with E-state index in [1.807, 2.05) is 12.1 Å². The van der Waals surface area contributed by atoms with Crippen molar-refractivity contribution in [3.63, 3.8) is 0 Å². The van der Waals surface area contributed by atoms with E-state index in [1.165, 1.54) is 16.7 Å². The summed E-state index contributed by atoms with van der Waals surface area (Å²) in [6.45, 7) is 9.40. The lowest BCUT2D eigenvalue weighted by atomic mass is 10.1. The number of ether oxygens (including phenoxy) is 1. The molecule has 0 aliphatic heterocycles. The third-order valence-electron chi connectivity index (χ3n) is 3.32. The zero-order valence-electron chi connectivity index (χ0n) is 12.7. The molecule has 0 heterocycles. The lowest BCUT2D eigenvalue weighted by Gasteiger charge is -2.17. The Kier molecular flexibility index (Phi) is 4.80. The zero-order valence-corrected chi connectivity index (χ0v) is 12.7. The molecule has 0 fully saturated rings. The zero-order chi connectivity index (χ0) is 14.5. The van der Waals surface area contributed by atoms with Gasteiger partial charge in [0.05, 0.1) is 0 Å². The lowest BCUT2D eigenvalue weighted by molar-refractivity contribution is 0.462. The molecule has 0 spiro atoms. The Morgan fingerprint density at radius 3 is 2.35 bits per heavy atom. The van der Waals surface area contributed by atoms with Gasteiger partial charge >= 0.3 is 0 Å². The van der Waals surface area contributed by atoms with Crippen LogP contribution in [-0.4, -0.2) is 6.54 Å². The van der Waals surface area contributed by atoms with E-state index in [0.717, 1.165) is 18.0 Å². The van der Waals surface area contributed by atoms with Crippen molar-refractivity contribution in [3.05, 3.63) is 59.2 Å². The average Bonchev–Trinajstić information content (AvgIpc) is 2.38. The number of nitrogens with one attached hydrogen (secondary N) is 1. The Hall–Kier alpha value is -1.80. The van der Waals surface area contributed by atoms with Crippen LogP contribution in [0.2, 0.25) is 0 Å². The number of hydrogen-bond acceptors (Lipinski definition) is 2. The summed E-state index contributed by atoms with van der Waals surface area (Å²) in [6.07, 6.45) is 0. The smallest absolute Gasteiger partial charge is 0.132 e. The number of aryl methyl sites for hydroxylation is 2. The third-order valence-corrected chi connectivity index (χ3v) is 3.32. The SMILES string of the molecule is CCNC(C)c1ccccc1Oc1cc(C)cc(C)c1. The van der Waals surface area contributed by atoms with Crippen molar-refractivity contribution in [1.29, 1.82) is 0 Å². The van der Waals surface area contributed by atoms with E-state index in [2.05, 4.69) is 63.3 Å². The van der Waals surface area contributed by atoms with Gasteiger partial charge in [-0.25, -0.2) is 0 Å². The molecule has 0 bridgehead atoms. The third kappa shape index (κ3) is 3.61. The van der Waals surface area contributed by atoms with Crippen LogP contribution in [0.1, 0.15) is 36.6 Å². The average molecular weight is 269 g/mol. The summed E-state index contributed by atoms with van der Waals surface area (Å²) in [5, 5.41) is 3.43. The molecule has 0 saturated heterocycles. The van der Waals surface area contributed by atoms with E-state index in [9.17, 15) is 0 Å². The summed E-state index contributed by atoms with van der Waals surface area (Å²) < 4.78 is 6.10. The van der Waals surface area contributed by atoms with Gasteiger partial charge < -0.3 is 10.1 Å². The van der Waals surface area contributed by atoms with Crippen LogP contribution in [0.15, 0.2) is 42.5 Å². The van der Waals surface area contributed by atoms with E-state index in [0.29, 0.717) is 0 Å². The summed E-state index contributed by atoms with van der Waals surface area (Å²) in [5.74, 6) is 1.82. The summed E-state index contributed by atoms with van der Waals surface area (Å²) >= 11 is 0. The van der Waals surface area contributed by atoms with Crippen molar-refractivity contribution in [2.75, 3.05) is 6.54 Å². The van der Waals surface area contributed by atoms with Gasteiger partial charge in [0, 0.05) is 11.6 Å². The fraction of sp³-hybridized carbons (Fsp3) is 0.333. The minimum absolute atomic E-state index is 0.280. The predicted octanol–water partition coefficient (Wildman–Crippen LogP) is 4.77. The number of hydrogen-bond donors (Lipinski definition) is 1. The Bertz CT molecular complexity index is 557. The molecule has 0 aliphatic rings. The molecule has 2 aromatic rings. The highest BCUT2D eigenvalue weighted by molar-refractivity contribution is 5.41. The Labute approximate surface area is 121 Å². The van der Waals surface area contributed by atoms with Gasteiger partial charge in [-0.05, 0) is 56.6 Å². The van der Waals surface area contributed by atoms with Gasteiger partial charge in [-0.15, -0.1) is 0 Å². The first-order valence-electron chi connectivity index (χ1n) is 7.18. The van der Waals surface area contributed by atoms with Gasteiger partial charge in [0.2, 0.25) is 0 Å². The summed E-state index contributed by atoms with van der Waals surface area (Å²) in [4.78, 5) is 0. The van der Waals surface area contributed by atoms with Gasteiger partial charge in [0.1, 0.15) is 11.5 Å². The Morgan fingerprint density at radius 1 is 1.05 bits per heavy atom. The van der Waals surface area contributed by atoms with Crippen molar-refractivity contribution in [3.8, 4) is 11.5 Å². The van der Waals surface area contributed by atoms with Gasteiger partial charge in [-0.1, -0.05) is 31.2 Å². The Morgan fingerprint density at radius 2 is 1.70 bits per heavy atom. The van der Waals surface area contributed by atoms with Crippen LogP contribution in [0, 0.1) is 13.8 Å². The highest BCUT2D eigenvalue weighted by Gasteiger charge is 2.11. The highest BCUT2D eigenvalue weighted by atomic mass is 16.5. The standard InChI is InChI=1S/C18H23NO/c1-5-19-15(4)17-8-6-7-9-18(17)20-16-11-13(2)10-14(3)12-16/h6-12,15,19H,5H2,1-4H3. The minimum atomic E-state index is 0.280. The second-order valence-electron chi connectivity index (χ2n) is 5.24. The first-order valence-corrected chi connectivity index (χ1v) is 7.18. The fourth-order valence-electron chi connectivity index (χ4n) is 2.47. The van der Waals surface area contributed by atoms with Gasteiger partial charge in [0.15, 0.2) is 0 Å². The van der Waals surface area contributed by atoms with E-state index >= 15 is 0 Å². The number of benzene rings is 2. The van der Waals surface area contributed by atoms with Gasteiger partial charge in [0.25, 0.3) is 0 Å². The fourth-order valence-corrected chi connectivity index (χ4v) is 2.47. The first kappa shape index (κ1) is 14.6. The van der Waals surface area contributed by atoms with E-state index in [-0.39, 0.29) is 6.04 Å². The summed E-state index contributed by atoms with van der Waals surface area (Å²) in [5.41, 5.74) is 3.63. The van der Waals surface area contributed by atoms with Gasteiger partial charge in [-0.2, -0.15) is 0 Å². The molecule has 1 atom stereocenters. The second kappa shape index (κ2) is 6.58. The molecule has 2 heteroatoms. The van der Waals surface area contributed by atoms with E-state index in [4.69, 9.17) is 4.74 Å². The molecule has 20 heavy (non-hydrogen) atoms. The molecule has 106 valence electrons. The second-order valence-corrected chi connectivity index (χ2v) is 5.24. The summed E-state index contributed by atoms with van der Waals surface area (Å²) in [6, 6.07) is 14.8. The van der Waals surface area contributed by atoms with Crippen molar-refractivity contribution in [2.24, 2.45) is 0 Å². The molecule has 0 amide bonds. The van der Waals surface area contributed by atoms with Crippen LogP contribution in [0.5, 0.6) is 11.5 Å². The van der Waals surface area contributed by atoms with Crippen LogP contribution in [0.25, 0.3) is 0 Å². The minimum Gasteiger partial charge on any atom is -0.457 e. The Balaban J connectivity index is 2.29. The molecule has 0 aromatic heterocycles. The molecule has 2 nitrogen and oxygen atoms in total. The largest absolute Gasteiger partial charge is 0.457 e. The van der Waals surface area contributed by atoms with Crippen molar-refractivity contribution in [2.45, 2.75) is 33.7 Å². The molecule has 2 rings (SSSR count). The van der Waals surface area contributed by atoms with Crippen LogP contribution in [0.3, 0.4) is 0 Å². The number of para-hydroxylation sites is 1. The van der Waals surface area contributed by atoms with Crippen molar-refractivity contribution < 1.29 is 4.74 Å². The van der Waals surface area contributed by atoms with Crippen LogP contribution in [-0.2, 0) is 0 Å². The molecular formula is C18H23NO.